The normalized spacial score (nSPS) is 13.4. The highest BCUT2D eigenvalue weighted by molar-refractivity contribution is 6.42. The van der Waals surface area contributed by atoms with E-state index in [1.54, 1.807) is 26.8 Å². The summed E-state index contributed by atoms with van der Waals surface area (Å²) in [7, 11) is 1.24. The van der Waals surface area contributed by atoms with Crippen LogP contribution in [0.2, 0.25) is 10.0 Å². The van der Waals surface area contributed by atoms with Gasteiger partial charge in [0.1, 0.15) is 17.7 Å². The highest BCUT2D eigenvalue weighted by atomic mass is 35.5. The Morgan fingerprint density at radius 2 is 1.70 bits per heavy atom. The van der Waals surface area contributed by atoms with E-state index in [9.17, 15) is 14.4 Å². The zero-order valence-corrected chi connectivity index (χ0v) is 19.9. The lowest BCUT2D eigenvalue weighted by Crippen LogP contribution is -2.54. The number of nitrogens with one attached hydrogen (secondary N) is 1. The minimum absolute atomic E-state index is 0.0815. The van der Waals surface area contributed by atoms with Gasteiger partial charge in [-0.3, -0.25) is 9.69 Å². The first-order chi connectivity index (χ1) is 13.8. The predicted octanol–water partition coefficient (Wildman–Crippen LogP) is 4.83. The van der Waals surface area contributed by atoms with Crippen LogP contribution in [-0.2, 0) is 19.1 Å². The molecule has 30 heavy (non-hydrogen) atoms. The van der Waals surface area contributed by atoms with Gasteiger partial charge in [-0.2, -0.15) is 0 Å². The van der Waals surface area contributed by atoms with Crippen LogP contribution >= 0.6 is 23.2 Å². The van der Waals surface area contributed by atoms with Crippen molar-refractivity contribution >= 4 is 46.9 Å². The Morgan fingerprint density at radius 1 is 1.10 bits per heavy atom. The van der Waals surface area contributed by atoms with Crippen LogP contribution < -0.4 is 10.2 Å². The minimum Gasteiger partial charge on any atom is -0.467 e. The van der Waals surface area contributed by atoms with E-state index >= 15 is 0 Å². The fourth-order valence-corrected chi connectivity index (χ4v) is 3.06. The number of rotatable bonds is 7. The van der Waals surface area contributed by atoms with Crippen LogP contribution in [0.3, 0.4) is 0 Å². The standard InChI is InChI=1S/C21H30Cl2N2O5/c1-12(2)10-17(24-20(28)30-21(4,5)6)18(26)25(13(3)19(27)29-7)14-8-9-15(22)16(23)11-14/h8-9,11-13,17H,10H2,1-7H3,(H,24,28)/t13-,17-/m0/s1. The zero-order valence-electron chi connectivity index (χ0n) is 18.4. The van der Waals surface area contributed by atoms with Gasteiger partial charge in [0.05, 0.1) is 17.2 Å². The lowest BCUT2D eigenvalue weighted by atomic mass is 10.0. The van der Waals surface area contributed by atoms with Crippen LogP contribution in [0.1, 0.15) is 48.0 Å². The lowest BCUT2D eigenvalue weighted by Gasteiger charge is -2.32. The maximum absolute atomic E-state index is 13.5. The first kappa shape index (κ1) is 26.0. The molecule has 2 atom stereocenters. The number of hydrogen-bond donors (Lipinski definition) is 1. The van der Waals surface area contributed by atoms with Crippen molar-refractivity contribution < 1.29 is 23.9 Å². The molecule has 1 rings (SSSR count). The van der Waals surface area contributed by atoms with E-state index in [4.69, 9.17) is 32.7 Å². The van der Waals surface area contributed by atoms with Gasteiger partial charge in [-0.05, 0) is 58.2 Å². The average Bonchev–Trinajstić information content (AvgIpc) is 2.61. The Kier molecular flexibility index (Phi) is 9.43. The molecule has 0 aliphatic heterocycles. The maximum Gasteiger partial charge on any atom is 0.408 e. The monoisotopic (exact) mass is 460 g/mol. The molecular weight excluding hydrogens is 431 g/mol. The number of methoxy groups -OCH3 is 1. The smallest absolute Gasteiger partial charge is 0.408 e. The summed E-state index contributed by atoms with van der Waals surface area (Å²) in [5, 5.41) is 3.17. The van der Waals surface area contributed by atoms with E-state index in [-0.39, 0.29) is 10.9 Å². The SMILES string of the molecule is COC(=O)[C@H](C)N(C(=O)[C@H](CC(C)C)NC(=O)OC(C)(C)C)c1ccc(Cl)c(Cl)c1. The van der Waals surface area contributed by atoms with Gasteiger partial charge in [-0.1, -0.05) is 37.0 Å². The predicted molar refractivity (Wildman–Crippen MR) is 118 cm³/mol. The highest BCUT2D eigenvalue weighted by Gasteiger charge is 2.35. The zero-order chi connectivity index (χ0) is 23.2. The third kappa shape index (κ3) is 7.69. The van der Waals surface area contributed by atoms with Crippen LogP contribution in [0.15, 0.2) is 18.2 Å². The number of benzene rings is 1. The molecular formula is C21H30Cl2N2O5. The fraction of sp³-hybridized carbons (Fsp3) is 0.571. The number of amides is 2. The topological polar surface area (TPSA) is 84.9 Å². The second-order valence-electron chi connectivity index (χ2n) is 8.33. The molecule has 1 aromatic rings. The summed E-state index contributed by atoms with van der Waals surface area (Å²) < 4.78 is 10.1. The fourth-order valence-electron chi connectivity index (χ4n) is 2.76. The third-order valence-electron chi connectivity index (χ3n) is 4.04. The molecule has 0 spiro atoms. The highest BCUT2D eigenvalue weighted by Crippen LogP contribution is 2.29. The molecule has 0 saturated carbocycles. The number of alkyl carbamates (subject to hydrolysis) is 1. The number of carbonyl (C=O) groups is 3. The molecule has 1 aromatic carbocycles. The van der Waals surface area contributed by atoms with Gasteiger partial charge in [0.2, 0.25) is 5.91 Å². The summed E-state index contributed by atoms with van der Waals surface area (Å²) in [4.78, 5) is 39.3. The Bertz CT molecular complexity index is 777. The van der Waals surface area contributed by atoms with Crippen molar-refractivity contribution in [3.8, 4) is 0 Å². The maximum atomic E-state index is 13.5. The molecule has 0 heterocycles. The van der Waals surface area contributed by atoms with E-state index in [1.165, 1.54) is 31.1 Å². The van der Waals surface area contributed by atoms with Crippen molar-refractivity contribution in [3.63, 3.8) is 0 Å². The molecule has 0 saturated heterocycles. The van der Waals surface area contributed by atoms with Gasteiger partial charge >= 0.3 is 12.1 Å². The van der Waals surface area contributed by atoms with Gasteiger partial charge in [-0.15, -0.1) is 0 Å². The van der Waals surface area contributed by atoms with Crippen LogP contribution in [-0.4, -0.2) is 42.8 Å². The van der Waals surface area contributed by atoms with Gasteiger partial charge in [0, 0.05) is 5.69 Å². The van der Waals surface area contributed by atoms with Gasteiger partial charge in [0.25, 0.3) is 0 Å². The molecule has 0 aromatic heterocycles. The summed E-state index contributed by atoms with van der Waals surface area (Å²) in [6.45, 7) is 10.6. The Balaban J connectivity index is 3.34. The second kappa shape index (κ2) is 10.9. The number of carbonyl (C=O) groups excluding carboxylic acids is 3. The Morgan fingerprint density at radius 3 is 2.17 bits per heavy atom. The first-order valence-electron chi connectivity index (χ1n) is 9.62. The Hall–Kier alpha value is -1.99. The number of halogens is 2. The van der Waals surface area contributed by atoms with E-state index < -0.39 is 35.7 Å². The van der Waals surface area contributed by atoms with Crippen molar-refractivity contribution in [1.82, 2.24) is 5.32 Å². The quantitative estimate of drug-likeness (QED) is 0.588. The largest absolute Gasteiger partial charge is 0.467 e. The molecule has 0 aliphatic rings. The van der Waals surface area contributed by atoms with Crippen LogP contribution in [0.25, 0.3) is 0 Å². The van der Waals surface area contributed by atoms with Crippen molar-refractivity contribution in [2.75, 3.05) is 12.0 Å². The summed E-state index contributed by atoms with van der Waals surface area (Å²) in [5.74, 6) is -1.03. The molecule has 1 N–H and O–H groups in total. The van der Waals surface area contributed by atoms with E-state index in [1.807, 2.05) is 13.8 Å². The van der Waals surface area contributed by atoms with Gasteiger partial charge < -0.3 is 14.8 Å². The van der Waals surface area contributed by atoms with E-state index in [0.29, 0.717) is 17.1 Å². The summed E-state index contributed by atoms with van der Waals surface area (Å²) >= 11 is 12.1. The Labute approximate surface area is 188 Å². The van der Waals surface area contributed by atoms with Crippen molar-refractivity contribution in [2.45, 2.75) is 65.6 Å². The molecule has 9 heteroatoms. The van der Waals surface area contributed by atoms with Crippen molar-refractivity contribution in [1.29, 1.82) is 0 Å². The molecule has 2 amide bonds. The van der Waals surface area contributed by atoms with Crippen LogP contribution in [0.5, 0.6) is 0 Å². The molecule has 0 fully saturated rings. The average molecular weight is 461 g/mol. The first-order valence-corrected chi connectivity index (χ1v) is 10.4. The number of hydrogen-bond acceptors (Lipinski definition) is 5. The minimum atomic E-state index is -0.963. The number of ether oxygens (including phenoxy) is 2. The van der Waals surface area contributed by atoms with Crippen molar-refractivity contribution in [3.05, 3.63) is 28.2 Å². The van der Waals surface area contributed by atoms with E-state index in [2.05, 4.69) is 5.32 Å². The summed E-state index contributed by atoms with van der Waals surface area (Å²) in [5.41, 5.74) is -0.370. The van der Waals surface area contributed by atoms with Crippen LogP contribution in [0.4, 0.5) is 10.5 Å². The number of anilines is 1. The summed E-state index contributed by atoms with van der Waals surface area (Å²) in [6.07, 6.45) is -0.384. The molecule has 0 aliphatic carbocycles. The molecule has 168 valence electrons. The number of nitrogens with zero attached hydrogens (tertiary/aromatic N) is 1. The second-order valence-corrected chi connectivity index (χ2v) is 9.15. The molecule has 0 radical (unpaired) electrons. The van der Waals surface area contributed by atoms with Crippen molar-refractivity contribution in [2.24, 2.45) is 5.92 Å². The summed E-state index contributed by atoms with van der Waals surface area (Å²) in [6, 6.07) is 2.70. The van der Waals surface area contributed by atoms with E-state index in [0.717, 1.165) is 0 Å². The third-order valence-corrected chi connectivity index (χ3v) is 4.78. The molecule has 0 bridgehead atoms. The van der Waals surface area contributed by atoms with Crippen LogP contribution in [0, 0.1) is 5.92 Å². The van der Waals surface area contributed by atoms with Gasteiger partial charge in [-0.25, -0.2) is 9.59 Å². The molecule has 0 unspecified atom stereocenters. The number of esters is 1. The lowest BCUT2D eigenvalue weighted by molar-refractivity contribution is -0.143. The molecule has 7 nitrogen and oxygen atoms in total. The van der Waals surface area contributed by atoms with Gasteiger partial charge in [0.15, 0.2) is 0 Å².